The van der Waals surface area contributed by atoms with E-state index in [2.05, 4.69) is 5.32 Å². The van der Waals surface area contributed by atoms with E-state index in [1.54, 1.807) is 24.3 Å². The van der Waals surface area contributed by atoms with E-state index in [1.807, 2.05) is 0 Å². The third-order valence-corrected chi connectivity index (χ3v) is 5.15. The maximum Gasteiger partial charge on any atom is 0.309 e. The molecule has 0 bridgehead atoms. The molecular weight excluding hydrogens is 336 g/mol. The second-order valence-electron chi connectivity index (χ2n) is 6.72. The Hall–Kier alpha value is -2.70. The van der Waals surface area contributed by atoms with Gasteiger partial charge in [-0.05, 0) is 30.9 Å². The molecule has 1 aliphatic carbocycles. The Labute approximate surface area is 151 Å². The maximum atomic E-state index is 12.3. The van der Waals surface area contributed by atoms with Crippen LogP contribution in [-0.2, 0) is 14.3 Å². The molecule has 138 valence electrons. The van der Waals surface area contributed by atoms with Crippen molar-refractivity contribution in [3.05, 3.63) is 35.4 Å². The number of fused-ring (bicyclic) bond motifs is 1. The van der Waals surface area contributed by atoms with Crippen molar-refractivity contribution in [2.45, 2.75) is 25.7 Å². The number of amides is 3. The van der Waals surface area contributed by atoms with Crippen molar-refractivity contribution in [3.8, 4) is 0 Å². The van der Waals surface area contributed by atoms with Gasteiger partial charge in [-0.15, -0.1) is 0 Å². The number of carbonyl (C=O) groups excluding carboxylic acids is 4. The molecule has 1 N–H and O–H groups in total. The lowest BCUT2D eigenvalue weighted by Gasteiger charge is -2.29. The van der Waals surface area contributed by atoms with Crippen LogP contribution in [0.5, 0.6) is 0 Å². The van der Waals surface area contributed by atoms with Gasteiger partial charge in [0.2, 0.25) is 5.91 Å². The van der Waals surface area contributed by atoms with E-state index in [4.69, 9.17) is 4.74 Å². The van der Waals surface area contributed by atoms with Crippen LogP contribution in [0.1, 0.15) is 46.4 Å². The lowest BCUT2D eigenvalue weighted by atomic mass is 9.79. The van der Waals surface area contributed by atoms with Crippen LogP contribution in [0, 0.1) is 11.8 Å². The maximum absolute atomic E-state index is 12.3. The average molecular weight is 358 g/mol. The molecule has 0 radical (unpaired) electrons. The second kappa shape index (κ2) is 7.68. The van der Waals surface area contributed by atoms with Gasteiger partial charge in [0.1, 0.15) is 6.54 Å². The number of nitrogens with one attached hydrogen (secondary N) is 1. The molecule has 0 saturated heterocycles. The third-order valence-electron chi connectivity index (χ3n) is 5.15. The number of carbonyl (C=O) groups is 4. The Morgan fingerprint density at radius 3 is 2.35 bits per heavy atom. The summed E-state index contributed by atoms with van der Waals surface area (Å²) in [5, 5.41) is 2.76. The van der Waals surface area contributed by atoms with Crippen molar-refractivity contribution in [1.29, 1.82) is 0 Å². The van der Waals surface area contributed by atoms with Crippen LogP contribution >= 0.6 is 0 Å². The third kappa shape index (κ3) is 3.47. The first-order valence-corrected chi connectivity index (χ1v) is 8.82. The largest absolute Gasteiger partial charge is 0.469 e. The molecule has 7 heteroatoms. The summed E-state index contributed by atoms with van der Waals surface area (Å²) in [5.41, 5.74) is 0.645. The van der Waals surface area contributed by atoms with Gasteiger partial charge in [0.05, 0.1) is 24.2 Å². The number of hydrogen-bond donors (Lipinski definition) is 1. The van der Waals surface area contributed by atoms with Gasteiger partial charge in [-0.3, -0.25) is 24.1 Å². The highest BCUT2D eigenvalue weighted by Gasteiger charge is 2.37. The Morgan fingerprint density at radius 2 is 1.73 bits per heavy atom. The molecule has 1 saturated carbocycles. The minimum Gasteiger partial charge on any atom is -0.469 e. The summed E-state index contributed by atoms with van der Waals surface area (Å²) in [4.78, 5) is 49.7. The average Bonchev–Trinajstić information content (AvgIpc) is 2.91. The van der Waals surface area contributed by atoms with Crippen LogP contribution in [0.3, 0.4) is 0 Å². The molecule has 7 nitrogen and oxygen atoms in total. The summed E-state index contributed by atoms with van der Waals surface area (Å²) >= 11 is 0. The molecule has 3 rings (SSSR count). The predicted molar refractivity (Wildman–Crippen MR) is 92.3 cm³/mol. The molecule has 2 aliphatic rings. The molecule has 26 heavy (non-hydrogen) atoms. The summed E-state index contributed by atoms with van der Waals surface area (Å²) < 4.78 is 4.85. The van der Waals surface area contributed by atoms with Crippen LogP contribution in [0.15, 0.2) is 24.3 Å². The van der Waals surface area contributed by atoms with Crippen LogP contribution in [-0.4, -0.2) is 48.8 Å². The fourth-order valence-electron chi connectivity index (χ4n) is 3.74. The van der Waals surface area contributed by atoms with Crippen LogP contribution < -0.4 is 5.32 Å². The molecular formula is C19H22N2O5. The highest BCUT2D eigenvalue weighted by atomic mass is 16.5. The van der Waals surface area contributed by atoms with Crippen molar-refractivity contribution >= 4 is 23.7 Å². The van der Waals surface area contributed by atoms with E-state index < -0.39 is 17.7 Å². The SMILES string of the molecule is COC(=O)C1CCCCC1CNC(=O)CN1C(=O)c2ccccc2C1=O. The van der Waals surface area contributed by atoms with Crippen molar-refractivity contribution < 1.29 is 23.9 Å². The summed E-state index contributed by atoms with van der Waals surface area (Å²) in [6.45, 7) is 0.0176. The summed E-state index contributed by atoms with van der Waals surface area (Å²) in [6.07, 6.45) is 3.57. The lowest BCUT2D eigenvalue weighted by Crippen LogP contribution is -2.43. The van der Waals surface area contributed by atoms with Gasteiger partial charge in [-0.25, -0.2) is 0 Å². The van der Waals surface area contributed by atoms with E-state index in [1.165, 1.54) is 7.11 Å². The number of hydrogen-bond acceptors (Lipinski definition) is 5. The minimum absolute atomic E-state index is 0.0160. The Balaban J connectivity index is 1.57. The fraction of sp³-hybridized carbons (Fsp3) is 0.474. The Kier molecular flexibility index (Phi) is 5.35. The Morgan fingerprint density at radius 1 is 1.12 bits per heavy atom. The van der Waals surface area contributed by atoms with Crippen LogP contribution in [0.25, 0.3) is 0 Å². The number of rotatable bonds is 5. The quantitative estimate of drug-likeness (QED) is 0.634. The van der Waals surface area contributed by atoms with E-state index in [-0.39, 0.29) is 24.3 Å². The minimum atomic E-state index is -0.453. The predicted octanol–water partition coefficient (Wildman–Crippen LogP) is 1.38. The van der Waals surface area contributed by atoms with Gasteiger partial charge in [0.25, 0.3) is 11.8 Å². The summed E-state index contributed by atoms with van der Waals surface area (Å²) in [5.74, 6) is -1.76. The molecule has 3 amide bonds. The zero-order valence-corrected chi connectivity index (χ0v) is 14.7. The molecule has 1 aromatic carbocycles. The molecule has 1 heterocycles. The molecule has 1 aromatic rings. The van der Waals surface area contributed by atoms with E-state index in [0.717, 1.165) is 30.6 Å². The zero-order valence-electron chi connectivity index (χ0n) is 14.7. The highest BCUT2D eigenvalue weighted by molar-refractivity contribution is 6.22. The molecule has 0 spiro atoms. The number of methoxy groups -OCH3 is 1. The van der Waals surface area contributed by atoms with Crippen LogP contribution in [0.4, 0.5) is 0 Å². The first kappa shape index (κ1) is 18.1. The lowest BCUT2D eigenvalue weighted by molar-refractivity contribution is -0.148. The van der Waals surface area contributed by atoms with E-state index in [9.17, 15) is 19.2 Å². The molecule has 0 aromatic heterocycles. The van der Waals surface area contributed by atoms with Gasteiger partial charge in [-0.1, -0.05) is 25.0 Å². The second-order valence-corrected chi connectivity index (χ2v) is 6.72. The zero-order chi connectivity index (χ0) is 18.7. The number of esters is 1. The first-order valence-electron chi connectivity index (χ1n) is 8.82. The smallest absolute Gasteiger partial charge is 0.309 e. The number of nitrogens with zero attached hydrogens (tertiary/aromatic N) is 1. The number of imide groups is 1. The van der Waals surface area contributed by atoms with Gasteiger partial charge in [-0.2, -0.15) is 0 Å². The van der Waals surface area contributed by atoms with Gasteiger partial charge in [0.15, 0.2) is 0 Å². The number of benzene rings is 1. The van der Waals surface area contributed by atoms with E-state index in [0.29, 0.717) is 17.7 Å². The van der Waals surface area contributed by atoms with Crippen molar-refractivity contribution in [1.82, 2.24) is 10.2 Å². The standard InChI is InChI=1S/C19H22N2O5/c1-26-19(25)13-7-3-2-6-12(13)10-20-16(22)11-21-17(23)14-8-4-5-9-15(14)18(21)24/h4-5,8-9,12-13H,2-3,6-7,10-11H2,1H3,(H,20,22). The number of ether oxygens (including phenoxy) is 1. The van der Waals surface area contributed by atoms with Crippen molar-refractivity contribution in [2.75, 3.05) is 20.2 Å². The highest BCUT2D eigenvalue weighted by Crippen LogP contribution is 2.30. The monoisotopic (exact) mass is 358 g/mol. The topological polar surface area (TPSA) is 92.8 Å². The molecule has 1 aliphatic heterocycles. The fourth-order valence-corrected chi connectivity index (χ4v) is 3.74. The molecule has 2 unspecified atom stereocenters. The van der Waals surface area contributed by atoms with Crippen molar-refractivity contribution in [3.63, 3.8) is 0 Å². The van der Waals surface area contributed by atoms with E-state index >= 15 is 0 Å². The molecule has 1 fully saturated rings. The summed E-state index contributed by atoms with van der Waals surface area (Å²) in [7, 11) is 1.37. The first-order chi connectivity index (χ1) is 12.5. The molecule has 2 atom stereocenters. The Bertz CT molecular complexity index is 710. The van der Waals surface area contributed by atoms with Gasteiger partial charge in [0, 0.05) is 6.54 Å². The summed E-state index contributed by atoms with van der Waals surface area (Å²) in [6, 6.07) is 6.53. The van der Waals surface area contributed by atoms with Gasteiger partial charge < -0.3 is 10.1 Å². The van der Waals surface area contributed by atoms with Gasteiger partial charge >= 0.3 is 5.97 Å². The van der Waals surface area contributed by atoms with Crippen LogP contribution in [0.2, 0.25) is 0 Å². The van der Waals surface area contributed by atoms with Crippen molar-refractivity contribution in [2.24, 2.45) is 11.8 Å². The normalized spacial score (nSPS) is 22.1.